The molecule has 0 radical (unpaired) electrons. The van der Waals surface area contributed by atoms with Crippen LogP contribution in [0.5, 0.6) is 0 Å². The van der Waals surface area contributed by atoms with Crippen LogP contribution in [0.2, 0.25) is 0 Å². The highest BCUT2D eigenvalue weighted by Crippen LogP contribution is 2.31. The Labute approximate surface area is 117 Å². The van der Waals surface area contributed by atoms with Crippen LogP contribution in [0.1, 0.15) is 32.4 Å². The minimum absolute atomic E-state index is 0.0310. The lowest BCUT2D eigenvalue weighted by Gasteiger charge is -2.40. The van der Waals surface area contributed by atoms with E-state index in [2.05, 4.69) is 52.9 Å². The zero-order valence-corrected chi connectivity index (χ0v) is 12.8. The van der Waals surface area contributed by atoms with Gasteiger partial charge in [0.15, 0.2) is 0 Å². The highest BCUT2D eigenvalue weighted by molar-refractivity contribution is 9.10. The number of hydrogen-bond acceptors (Lipinski definition) is 3. The smallest absolute Gasteiger partial charge is 0.0801 e. The maximum atomic E-state index is 6.08. The maximum absolute atomic E-state index is 6.08. The fourth-order valence-corrected chi connectivity index (χ4v) is 2.78. The Balaban J connectivity index is 2.32. The third kappa shape index (κ3) is 3.05. The van der Waals surface area contributed by atoms with Gasteiger partial charge in [-0.1, -0.05) is 15.9 Å². The molecule has 1 saturated heterocycles. The Morgan fingerprint density at radius 3 is 2.78 bits per heavy atom. The number of nitrogens with zero attached hydrogens (tertiary/aromatic N) is 1. The molecule has 1 atom stereocenters. The van der Waals surface area contributed by atoms with Gasteiger partial charge < -0.3 is 15.4 Å². The standard InChI is InChI=1S/C14H21BrN2O/c1-10(16)12-8-11(15)4-5-13(12)17-6-7-18-14(2,3)9-17/h4-5,8,10H,6-7,9,16H2,1-3H3. The van der Waals surface area contributed by atoms with Gasteiger partial charge in [0.05, 0.1) is 12.2 Å². The Bertz CT molecular complexity index is 432. The highest BCUT2D eigenvalue weighted by Gasteiger charge is 2.28. The van der Waals surface area contributed by atoms with Gasteiger partial charge in [-0.2, -0.15) is 0 Å². The van der Waals surface area contributed by atoms with Crippen molar-refractivity contribution in [1.82, 2.24) is 0 Å². The predicted octanol–water partition coefficient (Wildman–Crippen LogP) is 3.08. The third-order valence-electron chi connectivity index (χ3n) is 3.25. The highest BCUT2D eigenvalue weighted by atomic mass is 79.9. The molecule has 0 aromatic heterocycles. The van der Waals surface area contributed by atoms with Crippen molar-refractivity contribution in [3.63, 3.8) is 0 Å². The van der Waals surface area contributed by atoms with Crippen molar-refractivity contribution in [1.29, 1.82) is 0 Å². The molecule has 0 spiro atoms. The van der Waals surface area contributed by atoms with Crippen molar-refractivity contribution in [3.05, 3.63) is 28.2 Å². The topological polar surface area (TPSA) is 38.5 Å². The Kier molecular flexibility index (Phi) is 3.99. The average Bonchev–Trinajstić information content (AvgIpc) is 2.27. The molecule has 0 bridgehead atoms. The first-order valence-electron chi connectivity index (χ1n) is 6.33. The number of hydrogen-bond donors (Lipinski definition) is 1. The maximum Gasteiger partial charge on any atom is 0.0801 e. The summed E-state index contributed by atoms with van der Waals surface area (Å²) in [6.07, 6.45) is 0. The molecular formula is C14H21BrN2O. The van der Waals surface area contributed by atoms with E-state index in [9.17, 15) is 0 Å². The van der Waals surface area contributed by atoms with Crippen molar-refractivity contribution in [3.8, 4) is 0 Å². The van der Waals surface area contributed by atoms with Gasteiger partial charge >= 0.3 is 0 Å². The molecule has 1 aromatic carbocycles. The van der Waals surface area contributed by atoms with Crippen molar-refractivity contribution in [2.75, 3.05) is 24.6 Å². The van der Waals surface area contributed by atoms with Crippen LogP contribution in [-0.2, 0) is 4.74 Å². The van der Waals surface area contributed by atoms with E-state index in [0.717, 1.165) is 24.2 Å². The van der Waals surface area contributed by atoms with Crippen molar-refractivity contribution in [2.24, 2.45) is 5.73 Å². The monoisotopic (exact) mass is 312 g/mol. The molecule has 18 heavy (non-hydrogen) atoms. The first-order valence-corrected chi connectivity index (χ1v) is 7.12. The summed E-state index contributed by atoms with van der Waals surface area (Å²) < 4.78 is 6.83. The van der Waals surface area contributed by atoms with Gasteiger partial charge in [-0.15, -0.1) is 0 Å². The number of nitrogens with two attached hydrogens (primary N) is 1. The summed E-state index contributed by atoms with van der Waals surface area (Å²) in [5, 5.41) is 0. The molecule has 0 amide bonds. The van der Waals surface area contributed by atoms with E-state index in [1.54, 1.807) is 0 Å². The number of rotatable bonds is 2. The van der Waals surface area contributed by atoms with Crippen molar-refractivity contribution >= 4 is 21.6 Å². The van der Waals surface area contributed by atoms with Gasteiger partial charge in [0.25, 0.3) is 0 Å². The van der Waals surface area contributed by atoms with Crippen LogP contribution in [-0.4, -0.2) is 25.3 Å². The second-order valence-corrected chi connectivity index (χ2v) is 6.44. The Hall–Kier alpha value is -0.580. The summed E-state index contributed by atoms with van der Waals surface area (Å²) in [4.78, 5) is 2.37. The number of anilines is 1. The van der Waals surface area contributed by atoms with Gasteiger partial charge in [-0.25, -0.2) is 0 Å². The molecule has 1 aliphatic heterocycles. The van der Waals surface area contributed by atoms with E-state index < -0.39 is 0 Å². The molecule has 0 saturated carbocycles. The van der Waals surface area contributed by atoms with Gasteiger partial charge in [0.1, 0.15) is 0 Å². The van der Waals surface area contributed by atoms with E-state index in [0.29, 0.717) is 0 Å². The van der Waals surface area contributed by atoms with Crippen LogP contribution in [0.3, 0.4) is 0 Å². The number of benzene rings is 1. The van der Waals surface area contributed by atoms with Crippen LogP contribution in [0.4, 0.5) is 5.69 Å². The zero-order chi connectivity index (χ0) is 13.3. The molecular weight excluding hydrogens is 292 g/mol. The number of ether oxygens (including phenoxy) is 1. The fourth-order valence-electron chi connectivity index (χ4n) is 2.40. The van der Waals surface area contributed by atoms with Crippen LogP contribution < -0.4 is 10.6 Å². The lowest BCUT2D eigenvalue weighted by atomic mass is 10.0. The molecule has 2 rings (SSSR count). The first kappa shape index (κ1) is 13.8. The van der Waals surface area contributed by atoms with Crippen molar-refractivity contribution in [2.45, 2.75) is 32.4 Å². The molecule has 2 N–H and O–H groups in total. The SMILES string of the molecule is CC(N)c1cc(Br)ccc1N1CCOC(C)(C)C1. The second-order valence-electron chi connectivity index (χ2n) is 5.52. The molecule has 1 aliphatic rings. The predicted molar refractivity (Wildman–Crippen MR) is 79.0 cm³/mol. The Morgan fingerprint density at radius 1 is 1.44 bits per heavy atom. The molecule has 1 unspecified atom stereocenters. The molecule has 1 aromatic rings. The molecule has 1 fully saturated rings. The molecule has 100 valence electrons. The minimum atomic E-state index is -0.0968. The van der Waals surface area contributed by atoms with Crippen LogP contribution in [0, 0.1) is 0 Å². The van der Waals surface area contributed by atoms with Gasteiger partial charge in [-0.05, 0) is 44.5 Å². The van der Waals surface area contributed by atoms with E-state index >= 15 is 0 Å². The van der Waals surface area contributed by atoms with E-state index in [-0.39, 0.29) is 11.6 Å². The summed E-state index contributed by atoms with van der Waals surface area (Å²) in [7, 11) is 0. The summed E-state index contributed by atoms with van der Waals surface area (Å²) in [5.74, 6) is 0. The van der Waals surface area contributed by atoms with Gasteiger partial charge in [0, 0.05) is 29.3 Å². The fraction of sp³-hybridized carbons (Fsp3) is 0.571. The molecule has 0 aliphatic carbocycles. The van der Waals surface area contributed by atoms with E-state index in [4.69, 9.17) is 10.5 Å². The van der Waals surface area contributed by atoms with Crippen molar-refractivity contribution < 1.29 is 4.74 Å². The van der Waals surface area contributed by atoms with Crippen LogP contribution in [0.15, 0.2) is 22.7 Å². The average molecular weight is 313 g/mol. The summed E-state index contributed by atoms with van der Waals surface area (Å²) >= 11 is 3.51. The lowest BCUT2D eigenvalue weighted by molar-refractivity contribution is -0.0277. The number of halogens is 1. The molecule has 4 heteroatoms. The van der Waals surface area contributed by atoms with E-state index in [1.807, 2.05) is 6.92 Å². The first-order chi connectivity index (χ1) is 8.39. The quantitative estimate of drug-likeness (QED) is 0.912. The third-order valence-corrected chi connectivity index (χ3v) is 3.74. The summed E-state index contributed by atoms with van der Waals surface area (Å²) in [5.41, 5.74) is 8.39. The second kappa shape index (κ2) is 5.19. The summed E-state index contributed by atoms with van der Waals surface area (Å²) in [6.45, 7) is 8.87. The van der Waals surface area contributed by atoms with Gasteiger partial charge in [-0.3, -0.25) is 0 Å². The normalized spacial score (nSPS) is 20.8. The van der Waals surface area contributed by atoms with Gasteiger partial charge in [0.2, 0.25) is 0 Å². The summed E-state index contributed by atoms with van der Waals surface area (Å²) in [6, 6.07) is 6.36. The van der Waals surface area contributed by atoms with Crippen LogP contribution >= 0.6 is 15.9 Å². The lowest BCUT2D eigenvalue weighted by Crippen LogP contribution is -2.48. The zero-order valence-electron chi connectivity index (χ0n) is 11.2. The van der Waals surface area contributed by atoms with Crippen LogP contribution in [0.25, 0.3) is 0 Å². The minimum Gasteiger partial charge on any atom is -0.372 e. The molecule has 1 heterocycles. The Morgan fingerprint density at radius 2 is 2.17 bits per heavy atom. The molecule has 3 nitrogen and oxygen atoms in total. The number of morpholine rings is 1. The van der Waals surface area contributed by atoms with E-state index in [1.165, 1.54) is 11.3 Å². The largest absolute Gasteiger partial charge is 0.372 e.